The number of hydrogen-bond donors (Lipinski definition) is 2. The van der Waals surface area contributed by atoms with Crippen LogP contribution in [0.25, 0.3) is 0 Å². The lowest BCUT2D eigenvalue weighted by atomic mass is 10.4. The van der Waals surface area contributed by atoms with E-state index < -0.39 is 6.03 Å². The summed E-state index contributed by atoms with van der Waals surface area (Å²) in [5.74, 6) is -0.454. The molecule has 0 spiro atoms. The average Bonchev–Trinajstić information content (AvgIpc) is 1.80. The molecule has 2 amide bonds. The van der Waals surface area contributed by atoms with Crippen LogP contribution >= 0.6 is 0 Å². The molecule has 0 aromatic rings. The summed E-state index contributed by atoms with van der Waals surface area (Å²) in [6.07, 6.45) is 0.963. The zero-order valence-electron chi connectivity index (χ0n) is 4.40. The van der Waals surface area contributed by atoms with Gasteiger partial charge in [-0.15, -0.1) is 0 Å². The van der Waals surface area contributed by atoms with E-state index in [1.165, 1.54) is 0 Å². The third-order valence-electron chi connectivity index (χ3n) is 0.776. The summed E-state index contributed by atoms with van der Waals surface area (Å²) in [7, 11) is 0. The zero-order valence-corrected chi connectivity index (χ0v) is 4.40. The minimum atomic E-state index is -0.690. The number of urea groups is 1. The Kier molecular flexibility index (Phi) is 1.11. The molecule has 0 bridgehead atoms. The van der Waals surface area contributed by atoms with E-state index in [0.717, 1.165) is 6.20 Å². The molecule has 0 aliphatic carbocycles. The van der Waals surface area contributed by atoms with Crippen molar-refractivity contribution in [2.45, 2.75) is 0 Å². The van der Waals surface area contributed by atoms with Crippen molar-refractivity contribution in [2.24, 2.45) is 10.7 Å². The predicted octanol–water partition coefficient (Wildman–Crippen LogP) is -0.519. The fourth-order valence-electron chi connectivity index (χ4n) is 0.372. The van der Waals surface area contributed by atoms with Gasteiger partial charge in [0.25, 0.3) is 0 Å². The molecule has 9 heavy (non-hydrogen) atoms. The summed E-state index contributed by atoms with van der Waals surface area (Å²) < 4.78 is 0. The van der Waals surface area contributed by atoms with E-state index in [0.29, 0.717) is 0 Å². The third kappa shape index (κ3) is 0.987. The number of nitrogens with two attached hydrogens (primary N) is 1. The second-order valence-corrected chi connectivity index (χ2v) is 1.42. The van der Waals surface area contributed by atoms with Crippen molar-refractivity contribution in [3.05, 3.63) is 12.0 Å². The summed E-state index contributed by atoms with van der Waals surface area (Å²) in [5.41, 5.74) is 5.02. The average molecular weight is 126 g/mol. The van der Waals surface area contributed by atoms with Crippen LogP contribution in [-0.4, -0.2) is 17.0 Å². The summed E-state index contributed by atoms with van der Waals surface area (Å²) in [6.45, 7) is 0. The standard InChI is InChI=1S/C4H4N3O2/c5-3-2(8)1-6-4(9)7-3/h1,8H,(H2,5,7,9). The van der Waals surface area contributed by atoms with E-state index in [9.17, 15) is 4.79 Å². The number of aliphatic hydroxyl groups excluding tert-OH is 1. The number of carbonyl (C=O) groups excluding carboxylic acids is 1. The molecule has 1 aliphatic heterocycles. The number of hydrogen-bond acceptors (Lipinski definition) is 3. The highest BCUT2D eigenvalue weighted by Crippen LogP contribution is 1.94. The molecule has 0 saturated carbocycles. The summed E-state index contributed by atoms with van der Waals surface area (Å²) in [5, 5.41) is 11.8. The molecule has 1 radical (unpaired) electrons. The van der Waals surface area contributed by atoms with Crippen molar-refractivity contribution >= 4 is 11.9 Å². The number of aliphatic imine (C=N–C) groups is 1. The van der Waals surface area contributed by atoms with Crippen LogP contribution in [0.5, 0.6) is 0 Å². The molecule has 0 saturated heterocycles. The van der Waals surface area contributed by atoms with Crippen LogP contribution in [0.15, 0.2) is 17.0 Å². The first-order valence-electron chi connectivity index (χ1n) is 2.18. The zero-order chi connectivity index (χ0) is 6.85. The Labute approximate surface area is 50.9 Å². The highest BCUT2D eigenvalue weighted by atomic mass is 16.3. The molecule has 0 fully saturated rings. The molecule has 0 atom stereocenters. The largest absolute Gasteiger partial charge is 0.503 e. The van der Waals surface area contributed by atoms with E-state index in [-0.39, 0.29) is 11.6 Å². The van der Waals surface area contributed by atoms with Gasteiger partial charge in [0.15, 0.2) is 11.6 Å². The second-order valence-electron chi connectivity index (χ2n) is 1.42. The molecular formula is C4H4N3O2. The normalized spacial score (nSPS) is 18.0. The molecule has 5 heteroatoms. The minimum Gasteiger partial charge on any atom is -0.503 e. The minimum absolute atomic E-state index is 0.185. The van der Waals surface area contributed by atoms with Crippen LogP contribution in [-0.2, 0) is 0 Å². The molecule has 1 rings (SSSR count). The van der Waals surface area contributed by atoms with Gasteiger partial charge in [0, 0.05) is 0 Å². The third-order valence-corrected chi connectivity index (χ3v) is 0.776. The maximum Gasteiger partial charge on any atom is 0.369 e. The number of amidine groups is 1. The van der Waals surface area contributed by atoms with Gasteiger partial charge >= 0.3 is 6.03 Å². The number of aliphatic hydroxyl groups is 1. The van der Waals surface area contributed by atoms with Crippen molar-refractivity contribution in [1.29, 1.82) is 0 Å². The number of rotatable bonds is 0. The quantitative estimate of drug-likeness (QED) is 0.457. The van der Waals surface area contributed by atoms with Gasteiger partial charge in [0.1, 0.15) is 0 Å². The van der Waals surface area contributed by atoms with Gasteiger partial charge in [-0.2, -0.15) is 10.3 Å². The van der Waals surface area contributed by atoms with E-state index in [2.05, 4.69) is 10.3 Å². The van der Waals surface area contributed by atoms with Gasteiger partial charge in [-0.25, -0.2) is 4.79 Å². The maximum absolute atomic E-state index is 10.2. The van der Waals surface area contributed by atoms with Crippen molar-refractivity contribution in [3.8, 4) is 0 Å². The highest BCUT2D eigenvalue weighted by Gasteiger charge is 2.10. The Balaban J connectivity index is 2.87. The Morgan fingerprint density at radius 3 is 2.78 bits per heavy atom. The Morgan fingerprint density at radius 1 is 1.67 bits per heavy atom. The lowest BCUT2D eigenvalue weighted by Crippen LogP contribution is -2.24. The van der Waals surface area contributed by atoms with Crippen LogP contribution in [0.2, 0.25) is 0 Å². The first kappa shape index (κ1) is 5.61. The summed E-state index contributed by atoms with van der Waals surface area (Å²) in [6, 6.07) is -0.690. The molecule has 3 N–H and O–H groups in total. The molecule has 0 aromatic carbocycles. The van der Waals surface area contributed by atoms with Crippen molar-refractivity contribution < 1.29 is 9.90 Å². The highest BCUT2D eigenvalue weighted by molar-refractivity contribution is 6.04. The first-order chi connectivity index (χ1) is 4.20. The molecule has 47 valence electrons. The molecule has 1 heterocycles. The second kappa shape index (κ2) is 1.77. The topological polar surface area (TPSA) is 89.8 Å². The predicted molar refractivity (Wildman–Crippen MR) is 29.9 cm³/mol. The van der Waals surface area contributed by atoms with E-state index in [1.54, 1.807) is 0 Å². The molecule has 5 nitrogen and oxygen atoms in total. The fraction of sp³-hybridized carbons (Fsp3) is 0. The molecule has 0 unspecified atom stereocenters. The van der Waals surface area contributed by atoms with Crippen LogP contribution in [0, 0.1) is 0 Å². The first-order valence-corrected chi connectivity index (χ1v) is 2.18. The van der Waals surface area contributed by atoms with Crippen LogP contribution in [0.1, 0.15) is 0 Å². The SMILES string of the molecule is NC1=NC(=O)[N]C=C1O. The molecule has 0 aromatic heterocycles. The molecular weight excluding hydrogens is 122 g/mol. The van der Waals surface area contributed by atoms with Crippen molar-refractivity contribution in [3.63, 3.8) is 0 Å². The Hall–Kier alpha value is -1.52. The Morgan fingerprint density at radius 2 is 2.33 bits per heavy atom. The summed E-state index contributed by atoms with van der Waals surface area (Å²) in [4.78, 5) is 13.4. The van der Waals surface area contributed by atoms with Crippen molar-refractivity contribution in [1.82, 2.24) is 5.32 Å². The van der Waals surface area contributed by atoms with Crippen LogP contribution in [0.4, 0.5) is 4.79 Å². The number of carbonyl (C=O) groups is 1. The fourth-order valence-corrected chi connectivity index (χ4v) is 0.372. The smallest absolute Gasteiger partial charge is 0.369 e. The lowest BCUT2D eigenvalue weighted by molar-refractivity contribution is 0.250. The van der Waals surface area contributed by atoms with Crippen LogP contribution < -0.4 is 11.1 Å². The number of amides is 2. The maximum atomic E-state index is 10.2. The van der Waals surface area contributed by atoms with E-state index in [4.69, 9.17) is 10.8 Å². The van der Waals surface area contributed by atoms with Gasteiger partial charge in [-0.05, 0) is 0 Å². The van der Waals surface area contributed by atoms with Crippen LogP contribution in [0.3, 0.4) is 0 Å². The van der Waals surface area contributed by atoms with E-state index >= 15 is 0 Å². The van der Waals surface area contributed by atoms with Gasteiger partial charge in [0.05, 0.1) is 6.20 Å². The van der Waals surface area contributed by atoms with Gasteiger partial charge < -0.3 is 10.8 Å². The lowest BCUT2D eigenvalue weighted by Gasteiger charge is -2.01. The van der Waals surface area contributed by atoms with Gasteiger partial charge in [-0.1, -0.05) is 0 Å². The monoisotopic (exact) mass is 126 g/mol. The van der Waals surface area contributed by atoms with Crippen molar-refractivity contribution in [2.75, 3.05) is 0 Å². The van der Waals surface area contributed by atoms with Gasteiger partial charge in [-0.3, -0.25) is 0 Å². The Bertz CT molecular complexity index is 206. The molecule has 1 aliphatic rings. The van der Waals surface area contributed by atoms with E-state index in [1.807, 2.05) is 0 Å². The summed E-state index contributed by atoms with van der Waals surface area (Å²) >= 11 is 0. The number of nitrogens with zero attached hydrogens (tertiary/aromatic N) is 2. The van der Waals surface area contributed by atoms with Gasteiger partial charge in [0.2, 0.25) is 0 Å².